The van der Waals surface area contributed by atoms with E-state index in [1.807, 2.05) is 24.3 Å². The first-order chi connectivity index (χ1) is 18.1. The van der Waals surface area contributed by atoms with Gasteiger partial charge in [-0.15, -0.1) is 0 Å². The lowest BCUT2D eigenvalue weighted by molar-refractivity contribution is -0.130. The van der Waals surface area contributed by atoms with Crippen LogP contribution < -0.4 is 10.6 Å². The maximum absolute atomic E-state index is 13.4. The molecule has 2 fully saturated rings. The summed E-state index contributed by atoms with van der Waals surface area (Å²) in [6, 6.07) is 16.6. The number of benzene rings is 2. The molecule has 198 valence electrons. The molecule has 37 heavy (non-hydrogen) atoms. The van der Waals surface area contributed by atoms with Gasteiger partial charge in [0.05, 0.1) is 25.0 Å². The van der Waals surface area contributed by atoms with Gasteiger partial charge in [-0.05, 0) is 67.5 Å². The standard InChI is InChI=1S/C30H40N4O3/c35-29(31-12-5-13-33-14-16-37-17-15-33)26-18-27(22-34(21-26)20-23-6-2-1-3-7-23)30(36)32-28-11-10-24-8-4-9-25(24)19-28/h1-3,6-7,10-11,19,26-27H,4-5,8-9,12-18,20-22H2,(H,31,35)(H,32,36)/t26-,27+/m0/s1. The number of piperidine rings is 1. The molecule has 2 atom stereocenters. The number of fused-ring (bicyclic) bond motifs is 1. The molecule has 7 heteroatoms. The topological polar surface area (TPSA) is 73.9 Å². The van der Waals surface area contributed by atoms with E-state index in [2.05, 4.69) is 44.7 Å². The lowest BCUT2D eigenvalue weighted by atomic mass is 9.87. The lowest BCUT2D eigenvalue weighted by Crippen LogP contribution is -2.49. The zero-order valence-electron chi connectivity index (χ0n) is 21.8. The Morgan fingerprint density at radius 2 is 1.65 bits per heavy atom. The highest BCUT2D eigenvalue weighted by molar-refractivity contribution is 5.93. The molecule has 0 bridgehead atoms. The smallest absolute Gasteiger partial charge is 0.228 e. The summed E-state index contributed by atoms with van der Waals surface area (Å²) >= 11 is 0. The van der Waals surface area contributed by atoms with Gasteiger partial charge in [0, 0.05) is 45.0 Å². The highest BCUT2D eigenvalue weighted by Gasteiger charge is 2.35. The zero-order valence-corrected chi connectivity index (χ0v) is 21.8. The average molecular weight is 505 g/mol. The van der Waals surface area contributed by atoms with Crippen molar-refractivity contribution < 1.29 is 14.3 Å². The summed E-state index contributed by atoms with van der Waals surface area (Å²) in [4.78, 5) is 31.2. The number of carbonyl (C=O) groups excluding carboxylic acids is 2. The molecule has 7 nitrogen and oxygen atoms in total. The van der Waals surface area contributed by atoms with Crippen LogP contribution in [0, 0.1) is 11.8 Å². The molecule has 5 rings (SSSR count). The van der Waals surface area contributed by atoms with Gasteiger partial charge in [-0.2, -0.15) is 0 Å². The van der Waals surface area contributed by atoms with Crippen molar-refractivity contribution >= 4 is 17.5 Å². The van der Waals surface area contributed by atoms with Crippen molar-refractivity contribution in [3.8, 4) is 0 Å². The molecule has 0 spiro atoms. The summed E-state index contributed by atoms with van der Waals surface area (Å²) < 4.78 is 5.41. The van der Waals surface area contributed by atoms with Crippen molar-refractivity contribution in [1.29, 1.82) is 0 Å². The van der Waals surface area contributed by atoms with E-state index in [0.717, 1.165) is 64.3 Å². The fourth-order valence-corrected chi connectivity index (χ4v) is 5.92. The second-order valence-electron chi connectivity index (χ2n) is 10.7. The van der Waals surface area contributed by atoms with E-state index >= 15 is 0 Å². The van der Waals surface area contributed by atoms with E-state index in [1.165, 1.54) is 23.1 Å². The molecule has 0 radical (unpaired) electrons. The number of aryl methyl sites for hydroxylation is 2. The SMILES string of the molecule is O=C(NCCCN1CCOCC1)[C@H]1C[C@@H](C(=O)Nc2ccc3c(c2)CCC3)CN(Cc2ccccc2)C1. The number of hydrogen-bond donors (Lipinski definition) is 2. The van der Waals surface area contributed by atoms with Crippen molar-refractivity contribution in [2.45, 2.75) is 38.6 Å². The van der Waals surface area contributed by atoms with Crippen molar-refractivity contribution in [2.75, 3.05) is 57.8 Å². The Hall–Kier alpha value is -2.74. The highest BCUT2D eigenvalue weighted by Crippen LogP contribution is 2.28. The van der Waals surface area contributed by atoms with Crippen LogP contribution in [0.25, 0.3) is 0 Å². The van der Waals surface area contributed by atoms with Crippen LogP contribution in [0.3, 0.4) is 0 Å². The summed E-state index contributed by atoms with van der Waals surface area (Å²) in [5, 5.41) is 6.32. The molecule has 0 aromatic heterocycles. The first-order valence-electron chi connectivity index (χ1n) is 13.9. The highest BCUT2D eigenvalue weighted by atomic mass is 16.5. The number of amides is 2. The van der Waals surface area contributed by atoms with Gasteiger partial charge in [-0.1, -0.05) is 36.4 Å². The minimum absolute atomic E-state index is 0.0147. The molecule has 0 saturated carbocycles. The molecule has 0 unspecified atom stereocenters. The number of rotatable bonds is 9. The van der Waals surface area contributed by atoms with Gasteiger partial charge < -0.3 is 15.4 Å². The number of anilines is 1. The van der Waals surface area contributed by atoms with Crippen molar-refractivity contribution in [3.05, 3.63) is 65.2 Å². The fraction of sp³-hybridized carbons (Fsp3) is 0.533. The zero-order chi connectivity index (χ0) is 25.5. The molecule has 2 N–H and O–H groups in total. The number of nitrogens with zero attached hydrogens (tertiary/aromatic N) is 2. The van der Waals surface area contributed by atoms with Gasteiger partial charge in [0.2, 0.25) is 11.8 Å². The van der Waals surface area contributed by atoms with Crippen LogP contribution in [0.5, 0.6) is 0 Å². The Morgan fingerprint density at radius 3 is 2.46 bits per heavy atom. The molecular formula is C30H40N4O3. The van der Waals surface area contributed by atoms with Gasteiger partial charge in [0.25, 0.3) is 0 Å². The molecule has 2 saturated heterocycles. The Kier molecular flexibility index (Phi) is 8.87. The maximum atomic E-state index is 13.4. The molecule has 2 heterocycles. The predicted molar refractivity (Wildman–Crippen MR) is 145 cm³/mol. The summed E-state index contributed by atoms with van der Waals surface area (Å²) in [5.74, 6) is -0.345. The molecule has 2 aromatic carbocycles. The largest absolute Gasteiger partial charge is 0.379 e. The molecule has 3 aliphatic rings. The fourth-order valence-electron chi connectivity index (χ4n) is 5.92. The molecule has 2 aliphatic heterocycles. The van der Waals surface area contributed by atoms with E-state index in [0.29, 0.717) is 26.1 Å². The molecule has 1 aliphatic carbocycles. The van der Waals surface area contributed by atoms with E-state index in [4.69, 9.17) is 4.74 Å². The Morgan fingerprint density at radius 1 is 0.892 bits per heavy atom. The summed E-state index contributed by atoms with van der Waals surface area (Å²) in [5.41, 5.74) is 4.82. The number of morpholine rings is 1. The summed E-state index contributed by atoms with van der Waals surface area (Å²) in [7, 11) is 0. The third kappa shape index (κ3) is 7.18. The summed E-state index contributed by atoms with van der Waals surface area (Å²) in [6.07, 6.45) is 4.91. The molecule has 2 aromatic rings. The normalized spacial score (nSPS) is 22.4. The number of hydrogen-bond acceptors (Lipinski definition) is 5. The number of likely N-dealkylation sites (tertiary alicyclic amines) is 1. The molecule has 2 amide bonds. The quantitative estimate of drug-likeness (QED) is 0.514. The van der Waals surface area contributed by atoms with Crippen LogP contribution in [0.2, 0.25) is 0 Å². The minimum Gasteiger partial charge on any atom is -0.379 e. The Balaban J connectivity index is 1.19. The first kappa shape index (κ1) is 25.9. The monoisotopic (exact) mass is 504 g/mol. The third-order valence-corrected chi connectivity index (χ3v) is 7.94. The van der Waals surface area contributed by atoms with Crippen molar-refractivity contribution in [2.24, 2.45) is 11.8 Å². The van der Waals surface area contributed by atoms with E-state index in [1.54, 1.807) is 0 Å². The Bertz CT molecular complexity index is 1050. The number of carbonyl (C=O) groups is 2. The van der Waals surface area contributed by atoms with Crippen LogP contribution in [-0.4, -0.2) is 74.1 Å². The van der Waals surface area contributed by atoms with E-state index < -0.39 is 0 Å². The molecular weight excluding hydrogens is 464 g/mol. The van der Waals surface area contributed by atoms with Gasteiger partial charge in [0.1, 0.15) is 0 Å². The Labute approximate surface area is 220 Å². The second-order valence-corrected chi connectivity index (χ2v) is 10.7. The van der Waals surface area contributed by atoms with Crippen LogP contribution >= 0.6 is 0 Å². The third-order valence-electron chi connectivity index (χ3n) is 7.94. The average Bonchev–Trinajstić information content (AvgIpc) is 3.40. The van der Waals surface area contributed by atoms with E-state index in [9.17, 15) is 9.59 Å². The van der Waals surface area contributed by atoms with Crippen LogP contribution in [0.4, 0.5) is 5.69 Å². The van der Waals surface area contributed by atoms with Gasteiger partial charge in [-0.25, -0.2) is 0 Å². The van der Waals surface area contributed by atoms with Gasteiger partial charge in [0.15, 0.2) is 0 Å². The van der Waals surface area contributed by atoms with Gasteiger partial charge >= 0.3 is 0 Å². The maximum Gasteiger partial charge on any atom is 0.228 e. The minimum atomic E-state index is -0.227. The lowest BCUT2D eigenvalue weighted by Gasteiger charge is -2.36. The van der Waals surface area contributed by atoms with Crippen LogP contribution in [0.15, 0.2) is 48.5 Å². The van der Waals surface area contributed by atoms with Crippen LogP contribution in [-0.2, 0) is 33.7 Å². The first-order valence-corrected chi connectivity index (χ1v) is 13.9. The van der Waals surface area contributed by atoms with Crippen molar-refractivity contribution in [3.63, 3.8) is 0 Å². The van der Waals surface area contributed by atoms with Crippen LogP contribution in [0.1, 0.15) is 36.0 Å². The number of nitrogens with one attached hydrogen (secondary N) is 2. The number of ether oxygens (including phenoxy) is 1. The second kappa shape index (κ2) is 12.7. The van der Waals surface area contributed by atoms with Crippen molar-refractivity contribution in [1.82, 2.24) is 15.1 Å². The predicted octanol–water partition coefficient (Wildman–Crippen LogP) is 3.09. The van der Waals surface area contributed by atoms with Gasteiger partial charge in [-0.3, -0.25) is 19.4 Å². The van der Waals surface area contributed by atoms with E-state index in [-0.39, 0.29) is 23.7 Å². The summed E-state index contributed by atoms with van der Waals surface area (Å²) in [6.45, 7) is 7.22.